The van der Waals surface area contributed by atoms with Gasteiger partial charge in [-0.05, 0) is 29.9 Å². The van der Waals surface area contributed by atoms with Gasteiger partial charge >= 0.3 is 6.09 Å². The van der Waals surface area contributed by atoms with Crippen molar-refractivity contribution in [3.63, 3.8) is 0 Å². The highest BCUT2D eigenvalue weighted by molar-refractivity contribution is 5.88. The Bertz CT molecular complexity index is 508. The van der Waals surface area contributed by atoms with E-state index in [1.165, 1.54) is 23.3 Å². The second-order valence-corrected chi connectivity index (χ2v) is 5.07. The van der Waals surface area contributed by atoms with E-state index in [4.69, 9.17) is 0 Å². The van der Waals surface area contributed by atoms with Crippen molar-refractivity contribution in [2.45, 2.75) is 31.2 Å². The van der Waals surface area contributed by atoms with Crippen LogP contribution in [-0.4, -0.2) is 28.4 Å². The zero-order chi connectivity index (χ0) is 12.7. The molecule has 0 spiro atoms. The summed E-state index contributed by atoms with van der Waals surface area (Å²) < 4.78 is 0. The van der Waals surface area contributed by atoms with E-state index in [9.17, 15) is 14.7 Å². The number of amides is 1. The zero-order valence-electron chi connectivity index (χ0n) is 10.0. The van der Waals surface area contributed by atoms with Crippen molar-refractivity contribution in [2.75, 3.05) is 6.54 Å². The fraction of sp³-hybridized carbons (Fsp3) is 0.429. The van der Waals surface area contributed by atoms with Crippen molar-refractivity contribution >= 4 is 11.9 Å². The van der Waals surface area contributed by atoms with E-state index < -0.39 is 6.09 Å². The van der Waals surface area contributed by atoms with Gasteiger partial charge in [-0.1, -0.05) is 24.3 Å². The van der Waals surface area contributed by atoms with Crippen LogP contribution in [0, 0.1) is 0 Å². The van der Waals surface area contributed by atoms with Crippen LogP contribution in [-0.2, 0) is 4.79 Å². The third-order valence-corrected chi connectivity index (χ3v) is 3.76. The van der Waals surface area contributed by atoms with Gasteiger partial charge < -0.3 is 5.11 Å². The predicted octanol–water partition coefficient (Wildman–Crippen LogP) is 2.56. The average Bonchev–Trinajstić information content (AvgIpc) is 3.12. The summed E-state index contributed by atoms with van der Waals surface area (Å²) in [6.45, 7) is 0.0268. The van der Waals surface area contributed by atoms with E-state index in [-0.39, 0.29) is 18.4 Å². The van der Waals surface area contributed by atoms with Crippen molar-refractivity contribution in [3.05, 3.63) is 35.4 Å². The minimum absolute atomic E-state index is 0.00741. The maximum absolute atomic E-state index is 11.5. The molecule has 3 rings (SSSR count). The highest BCUT2D eigenvalue weighted by Crippen LogP contribution is 2.45. The Kier molecular flexibility index (Phi) is 2.58. The van der Waals surface area contributed by atoms with Crippen LogP contribution < -0.4 is 0 Å². The third kappa shape index (κ3) is 1.88. The average molecular weight is 245 g/mol. The molecule has 1 aliphatic carbocycles. The molecule has 1 amide bonds. The van der Waals surface area contributed by atoms with Crippen molar-refractivity contribution in [1.82, 2.24) is 4.90 Å². The van der Waals surface area contributed by atoms with Crippen LogP contribution in [0.1, 0.15) is 42.3 Å². The second kappa shape index (κ2) is 4.12. The molecule has 1 aromatic rings. The number of carbonyl (C=O) groups excluding carboxylic acids is 1. The molecule has 2 aliphatic rings. The summed E-state index contributed by atoms with van der Waals surface area (Å²) in [6.07, 6.45) is 1.65. The Balaban J connectivity index is 1.98. The maximum atomic E-state index is 11.5. The highest BCUT2D eigenvalue weighted by atomic mass is 16.4. The first-order valence-corrected chi connectivity index (χ1v) is 6.27. The molecule has 0 aromatic heterocycles. The van der Waals surface area contributed by atoms with Crippen molar-refractivity contribution in [1.29, 1.82) is 0 Å². The van der Waals surface area contributed by atoms with Crippen LogP contribution in [0.15, 0.2) is 24.3 Å². The van der Waals surface area contributed by atoms with E-state index in [0.29, 0.717) is 12.3 Å². The molecule has 2 fully saturated rings. The largest absolute Gasteiger partial charge is 0.465 e. The van der Waals surface area contributed by atoms with Crippen LogP contribution >= 0.6 is 0 Å². The molecule has 1 aromatic carbocycles. The Morgan fingerprint density at radius 1 is 1.22 bits per heavy atom. The molecular weight excluding hydrogens is 230 g/mol. The van der Waals surface area contributed by atoms with E-state index in [0.717, 1.165) is 5.56 Å². The number of hydrogen-bond donors (Lipinski definition) is 1. The van der Waals surface area contributed by atoms with Gasteiger partial charge in [-0.2, -0.15) is 0 Å². The molecule has 1 atom stereocenters. The van der Waals surface area contributed by atoms with Gasteiger partial charge in [0.15, 0.2) is 5.78 Å². The third-order valence-electron chi connectivity index (χ3n) is 3.76. The fourth-order valence-corrected chi connectivity index (χ4v) is 2.75. The number of benzene rings is 1. The summed E-state index contributed by atoms with van der Waals surface area (Å²) in [5, 5.41) is 9.18. The fourth-order valence-electron chi connectivity index (χ4n) is 2.75. The van der Waals surface area contributed by atoms with E-state index in [1.54, 1.807) is 0 Å². The number of ketones is 1. The molecule has 0 radical (unpaired) electrons. The number of carbonyl (C=O) groups is 2. The standard InChI is InChI=1S/C14H15NO3/c16-10-7-13(15(8-10)14(17)18)12-4-2-1-3-11(12)9-5-6-9/h1-4,9,13H,5-8H2,(H,17,18). The van der Waals surface area contributed by atoms with Gasteiger partial charge in [-0.15, -0.1) is 0 Å². The number of likely N-dealkylation sites (tertiary alicyclic amines) is 1. The van der Waals surface area contributed by atoms with Crippen LogP contribution in [0.3, 0.4) is 0 Å². The van der Waals surface area contributed by atoms with E-state index in [2.05, 4.69) is 6.07 Å². The van der Waals surface area contributed by atoms with Gasteiger partial charge in [-0.3, -0.25) is 9.69 Å². The number of rotatable bonds is 2. The molecule has 1 heterocycles. The predicted molar refractivity (Wildman–Crippen MR) is 65.5 cm³/mol. The quantitative estimate of drug-likeness (QED) is 0.871. The molecular formula is C14H15NO3. The lowest BCUT2D eigenvalue weighted by molar-refractivity contribution is -0.116. The first kappa shape index (κ1) is 11.3. The highest BCUT2D eigenvalue weighted by Gasteiger charge is 2.38. The van der Waals surface area contributed by atoms with Gasteiger partial charge in [0.25, 0.3) is 0 Å². The topological polar surface area (TPSA) is 57.6 Å². The van der Waals surface area contributed by atoms with Crippen molar-refractivity contribution in [2.24, 2.45) is 0 Å². The summed E-state index contributed by atoms with van der Waals surface area (Å²) >= 11 is 0. The lowest BCUT2D eigenvalue weighted by atomic mass is 9.95. The first-order chi connectivity index (χ1) is 8.66. The lowest BCUT2D eigenvalue weighted by Crippen LogP contribution is -2.30. The zero-order valence-corrected chi connectivity index (χ0v) is 10.0. The van der Waals surface area contributed by atoms with Gasteiger partial charge in [0, 0.05) is 6.42 Å². The Hall–Kier alpha value is -1.84. The van der Waals surface area contributed by atoms with Crippen LogP contribution in [0.4, 0.5) is 4.79 Å². The van der Waals surface area contributed by atoms with Gasteiger partial charge in [0.05, 0.1) is 12.6 Å². The van der Waals surface area contributed by atoms with Crippen LogP contribution in [0.5, 0.6) is 0 Å². The molecule has 0 bridgehead atoms. The molecule has 1 aliphatic heterocycles. The lowest BCUT2D eigenvalue weighted by Gasteiger charge is -2.23. The SMILES string of the molecule is O=C1CC(c2ccccc2C2CC2)N(C(=O)O)C1. The second-order valence-electron chi connectivity index (χ2n) is 5.07. The van der Waals surface area contributed by atoms with E-state index in [1.807, 2.05) is 18.2 Å². The molecule has 1 saturated heterocycles. The molecule has 1 N–H and O–H groups in total. The Morgan fingerprint density at radius 2 is 1.89 bits per heavy atom. The molecule has 1 unspecified atom stereocenters. The Morgan fingerprint density at radius 3 is 2.50 bits per heavy atom. The Labute approximate surface area is 105 Å². The minimum atomic E-state index is -1.00. The summed E-state index contributed by atoms with van der Waals surface area (Å²) in [5.74, 6) is 0.570. The van der Waals surface area contributed by atoms with Crippen LogP contribution in [0.2, 0.25) is 0 Å². The van der Waals surface area contributed by atoms with Crippen molar-refractivity contribution in [3.8, 4) is 0 Å². The molecule has 4 heteroatoms. The maximum Gasteiger partial charge on any atom is 0.408 e. The minimum Gasteiger partial charge on any atom is -0.465 e. The molecule has 1 saturated carbocycles. The first-order valence-electron chi connectivity index (χ1n) is 6.27. The smallest absolute Gasteiger partial charge is 0.408 e. The molecule has 94 valence electrons. The summed E-state index contributed by atoms with van der Waals surface area (Å²) in [5.41, 5.74) is 2.25. The number of hydrogen-bond acceptors (Lipinski definition) is 2. The number of Topliss-reactive ketones (excluding diaryl/α,β-unsaturated/α-hetero) is 1. The number of carboxylic acid groups (broad SMARTS) is 1. The van der Waals surface area contributed by atoms with Crippen molar-refractivity contribution < 1.29 is 14.7 Å². The van der Waals surface area contributed by atoms with Gasteiger partial charge in [0.2, 0.25) is 0 Å². The summed E-state index contributed by atoms with van der Waals surface area (Å²) in [4.78, 5) is 24.0. The van der Waals surface area contributed by atoms with Gasteiger partial charge in [0.1, 0.15) is 0 Å². The number of nitrogens with zero attached hydrogens (tertiary/aromatic N) is 1. The molecule has 4 nitrogen and oxygen atoms in total. The van der Waals surface area contributed by atoms with Crippen LogP contribution in [0.25, 0.3) is 0 Å². The summed E-state index contributed by atoms with van der Waals surface area (Å²) in [7, 11) is 0. The normalized spacial score (nSPS) is 23.4. The summed E-state index contributed by atoms with van der Waals surface area (Å²) in [6, 6.07) is 7.65. The van der Waals surface area contributed by atoms with E-state index >= 15 is 0 Å². The molecule has 18 heavy (non-hydrogen) atoms. The van der Waals surface area contributed by atoms with Gasteiger partial charge in [-0.25, -0.2) is 4.79 Å². The monoisotopic (exact) mass is 245 g/mol.